The molecule has 2 aromatic rings. The number of nitrogen functional groups attached to an aromatic ring is 1. The molecule has 0 fully saturated rings. The molecule has 6 nitrogen and oxygen atoms in total. The summed E-state index contributed by atoms with van der Waals surface area (Å²) >= 11 is 0. The number of ether oxygens (including phenoxy) is 1. The third-order valence-corrected chi connectivity index (χ3v) is 2.85. The second-order valence-corrected chi connectivity index (χ2v) is 4.26. The van der Waals surface area contributed by atoms with E-state index in [1.807, 2.05) is 5.43 Å². The molecule has 4 N–H and O–H groups in total. The molecule has 20 heavy (non-hydrogen) atoms. The van der Waals surface area contributed by atoms with Crippen molar-refractivity contribution in [3.8, 4) is 5.75 Å². The third kappa shape index (κ3) is 3.17. The molecule has 1 amide bonds. The van der Waals surface area contributed by atoms with Crippen molar-refractivity contribution in [3.05, 3.63) is 53.0 Å². The number of hydrogen-bond donors (Lipinski definition) is 3. The lowest BCUT2D eigenvalue weighted by molar-refractivity contribution is 0.0924. The lowest BCUT2D eigenvalue weighted by atomic mass is 10.2. The molecule has 0 aliphatic rings. The zero-order chi connectivity index (χ0) is 14.5. The van der Waals surface area contributed by atoms with Crippen LogP contribution in [0, 0.1) is 6.92 Å². The molecule has 0 aliphatic carbocycles. The Kier molecular flexibility index (Phi) is 4.39. The Morgan fingerprint density at radius 1 is 1.45 bits per heavy atom. The van der Waals surface area contributed by atoms with Gasteiger partial charge in [-0.1, -0.05) is 12.1 Å². The number of hydrazine groups is 1. The van der Waals surface area contributed by atoms with E-state index in [0.29, 0.717) is 11.5 Å². The quantitative estimate of drug-likeness (QED) is 0.434. The standard InChI is InChI=1S/C14H16N2O4/c1-9-11(6-13(20-9)14(18)16-15)8-19-12-4-2-3-10(5-12)7-17/h2-6,17H,7-8,15H2,1H3,(H,16,18). The first-order valence-corrected chi connectivity index (χ1v) is 6.07. The minimum Gasteiger partial charge on any atom is -0.489 e. The van der Waals surface area contributed by atoms with E-state index in [1.54, 1.807) is 37.3 Å². The highest BCUT2D eigenvalue weighted by molar-refractivity contribution is 5.91. The number of aliphatic hydroxyl groups is 1. The number of rotatable bonds is 5. The molecule has 1 aromatic carbocycles. The van der Waals surface area contributed by atoms with E-state index in [2.05, 4.69) is 0 Å². The van der Waals surface area contributed by atoms with E-state index in [-0.39, 0.29) is 19.0 Å². The Balaban J connectivity index is 2.06. The van der Waals surface area contributed by atoms with E-state index in [9.17, 15) is 4.79 Å². The van der Waals surface area contributed by atoms with E-state index in [4.69, 9.17) is 20.1 Å². The molecule has 1 aromatic heterocycles. The highest BCUT2D eigenvalue weighted by atomic mass is 16.5. The Morgan fingerprint density at radius 3 is 2.95 bits per heavy atom. The number of nitrogens with one attached hydrogen (secondary N) is 1. The van der Waals surface area contributed by atoms with Crippen LogP contribution in [0.2, 0.25) is 0 Å². The second-order valence-electron chi connectivity index (χ2n) is 4.26. The molecule has 0 aliphatic heterocycles. The number of furan rings is 1. The molecule has 0 atom stereocenters. The highest BCUT2D eigenvalue weighted by Crippen LogP contribution is 2.19. The number of carbonyl (C=O) groups excluding carboxylic acids is 1. The van der Waals surface area contributed by atoms with Crippen molar-refractivity contribution < 1.29 is 19.1 Å². The van der Waals surface area contributed by atoms with Crippen molar-refractivity contribution in [1.82, 2.24) is 5.43 Å². The normalized spacial score (nSPS) is 10.3. The van der Waals surface area contributed by atoms with E-state index >= 15 is 0 Å². The van der Waals surface area contributed by atoms with Gasteiger partial charge in [-0.05, 0) is 30.7 Å². The van der Waals surface area contributed by atoms with E-state index in [0.717, 1.165) is 11.1 Å². The first-order chi connectivity index (χ1) is 9.63. The van der Waals surface area contributed by atoms with E-state index < -0.39 is 5.91 Å². The number of amides is 1. The van der Waals surface area contributed by atoms with Gasteiger partial charge in [0.15, 0.2) is 5.76 Å². The average molecular weight is 276 g/mol. The maximum atomic E-state index is 11.3. The first kappa shape index (κ1) is 14.1. The minimum absolute atomic E-state index is 0.0389. The van der Waals surface area contributed by atoms with Crippen LogP contribution in [0.1, 0.15) is 27.4 Å². The van der Waals surface area contributed by atoms with Crippen LogP contribution in [0.4, 0.5) is 0 Å². The Labute approximate surface area is 116 Å². The van der Waals surface area contributed by atoms with Gasteiger partial charge in [-0.15, -0.1) is 0 Å². The summed E-state index contributed by atoms with van der Waals surface area (Å²) < 4.78 is 10.9. The smallest absolute Gasteiger partial charge is 0.300 e. The summed E-state index contributed by atoms with van der Waals surface area (Å²) in [6, 6.07) is 8.74. The van der Waals surface area contributed by atoms with Crippen LogP contribution in [0.5, 0.6) is 5.75 Å². The average Bonchev–Trinajstić information content (AvgIpc) is 2.85. The molecular weight excluding hydrogens is 260 g/mol. The van der Waals surface area contributed by atoms with Gasteiger partial charge < -0.3 is 14.3 Å². The van der Waals surface area contributed by atoms with Crippen molar-refractivity contribution in [2.24, 2.45) is 5.84 Å². The van der Waals surface area contributed by atoms with Crippen LogP contribution in [0.25, 0.3) is 0 Å². The van der Waals surface area contributed by atoms with Crippen molar-refractivity contribution in [2.75, 3.05) is 0 Å². The van der Waals surface area contributed by atoms with Crippen molar-refractivity contribution in [1.29, 1.82) is 0 Å². The zero-order valence-electron chi connectivity index (χ0n) is 11.1. The van der Waals surface area contributed by atoms with Gasteiger partial charge in [-0.2, -0.15) is 0 Å². The number of aryl methyl sites for hydroxylation is 1. The SMILES string of the molecule is Cc1oc(C(=O)NN)cc1COc1cccc(CO)c1. The lowest BCUT2D eigenvalue weighted by Gasteiger charge is -2.06. The molecule has 106 valence electrons. The summed E-state index contributed by atoms with van der Waals surface area (Å²) in [6.45, 7) is 1.97. The molecule has 0 saturated carbocycles. The molecule has 6 heteroatoms. The van der Waals surface area contributed by atoms with Gasteiger partial charge in [-0.25, -0.2) is 5.84 Å². The Morgan fingerprint density at radius 2 is 2.25 bits per heavy atom. The monoisotopic (exact) mass is 276 g/mol. The largest absolute Gasteiger partial charge is 0.489 e. The summed E-state index contributed by atoms with van der Waals surface area (Å²) in [7, 11) is 0. The number of hydrogen-bond acceptors (Lipinski definition) is 5. The number of aliphatic hydroxyl groups excluding tert-OH is 1. The second kappa shape index (κ2) is 6.23. The molecular formula is C14H16N2O4. The van der Waals surface area contributed by atoms with Crippen LogP contribution in [0.15, 0.2) is 34.7 Å². The summed E-state index contributed by atoms with van der Waals surface area (Å²) in [5.74, 6) is 5.95. The number of carbonyl (C=O) groups is 1. The van der Waals surface area contributed by atoms with Gasteiger partial charge in [-0.3, -0.25) is 10.2 Å². The Hall–Kier alpha value is -2.31. The maximum Gasteiger partial charge on any atom is 0.300 e. The third-order valence-electron chi connectivity index (χ3n) is 2.85. The topological polar surface area (TPSA) is 97.7 Å². The maximum absolute atomic E-state index is 11.3. The Bertz CT molecular complexity index is 607. The lowest BCUT2D eigenvalue weighted by Crippen LogP contribution is -2.29. The van der Waals surface area contributed by atoms with Crippen LogP contribution in [-0.2, 0) is 13.2 Å². The first-order valence-electron chi connectivity index (χ1n) is 6.07. The molecule has 0 bridgehead atoms. The van der Waals surface area contributed by atoms with Crippen LogP contribution < -0.4 is 16.0 Å². The van der Waals surface area contributed by atoms with Crippen molar-refractivity contribution in [2.45, 2.75) is 20.1 Å². The fraction of sp³-hybridized carbons (Fsp3) is 0.214. The number of nitrogens with two attached hydrogens (primary N) is 1. The van der Waals surface area contributed by atoms with Gasteiger partial charge in [0.1, 0.15) is 18.1 Å². The predicted octanol–water partition coefficient (Wildman–Crippen LogP) is 1.26. The molecule has 0 unspecified atom stereocenters. The number of benzene rings is 1. The fourth-order valence-electron chi connectivity index (χ4n) is 1.74. The van der Waals surface area contributed by atoms with Crippen LogP contribution in [0.3, 0.4) is 0 Å². The summed E-state index contributed by atoms with van der Waals surface area (Å²) in [5, 5.41) is 9.06. The van der Waals surface area contributed by atoms with Crippen molar-refractivity contribution >= 4 is 5.91 Å². The zero-order valence-corrected chi connectivity index (χ0v) is 11.1. The van der Waals surface area contributed by atoms with E-state index in [1.165, 1.54) is 0 Å². The predicted molar refractivity (Wildman–Crippen MR) is 71.8 cm³/mol. The van der Waals surface area contributed by atoms with Gasteiger partial charge >= 0.3 is 5.91 Å². The summed E-state index contributed by atoms with van der Waals surface area (Å²) in [5.41, 5.74) is 3.54. The minimum atomic E-state index is -0.485. The van der Waals surface area contributed by atoms with Crippen LogP contribution in [-0.4, -0.2) is 11.0 Å². The molecule has 0 spiro atoms. The van der Waals surface area contributed by atoms with Gasteiger partial charge in [0.2, 0.25) is 0 Å². The molecule has 0 radical (unpaired) electrons. The van der Waals surface area contributed by atoms with Crippen LogP contribution >= 0.6 is 0 Å². The molecule has 0 saturated heterocycles. The highest BCUT2D eigenvalue weighted by Gasteiger charge is 2.13. The van der Waals surface area contributed by atoms with Gasteiger partial charge in [0.05, 0.1) is 6.61 Å². The molecule has 1 heterocycles. The van der Waals surface area contributed by atoms with Crippen molar-refractivity contribution in [3.63, 3.8) is 0 Å². The fourth-order valence-corrected chi connectivity index (χ4v) is 1.74. The van der Waals surface area contributed by atoms with Gasteiger partial charge in [0, 0.05) is 5.56 Å². The van der Waals surface area contributed by atoms with Gasteiger partial charge in [0.25, 0.3) is 0 Å². The summed E-state index contributed by atoms with van der Waals surface area (Å²) in [4.78, 5) is 11.3. The molecule has 2 rings (SSSR count). The summed E-state index contributed by atoms with van der Waals surface area (Å²) in [6.07, 6.45) is 0.